The van der Waals surface area contributed by atoms with Crippen LogP contribution in [0.2, 0.25) is 5.02 Å². The van der Waals surface area contributed by atoms with Gasteiger partial charge in [0.25, 0.3) is 0 Å². The van der Waals surface area contributed by atoms with Crippen LogP contribution in [0.25, 0.3) is 11.4 Å². The molecule has 0 saturated carbocycles. The molecule has 0 radical (unpaired) electrons. The van der Waals surface area contributed by atoms with Crippen LogP contribution in [0.5, 0.6) is 11.5 Å². The molecule has 0 spiro atoms. The molecule has 0 unspecified atom stereocenters. The van der Waals surface area contributed by atoms with Crippen LogP contribution in [0.1, 0.15) is 5.89 Å². The second-order valence-electron chi connectivity index (χ2n) is 3.79. The fourth-order valence-electron chi connectivity index (χ4n) is 1.73. The van der Waals surface area contributed by atoms with Gasteiger partial charge in [-0.3, -0.25) is 0 Å². The van der Waals surface area contributed by atoms with Crippen molar-refractivity contribution in [2.24, 2.45) is 5.73 Å². The summed E-state index contributed by atoms with van der Waals surface area (Å²) in [5.74, 6) is 0.135. The van der Waals surface area contributed by atoms with Gasteiger partial charge >= 0.3 is 0 Å². The van der Waals surface area contributed by atoms with Gasteiger partial charge in [0.2, 0.25) is 11.7 Å². The highest BCUT2D eigenvalue weighted by atomic mass is 35.5. The molecule has 1 aromatic heterocycles. The summed E-state index contributed by atoms with van der Waals surface area (Å²) in [7, 11) is 0. The summed E-state index contributed by atoms with van der Waals surface area (Å²) in [6, 6.07) is 1.43. The Balaban J connectivity index is 2.13. The lowest BCUT2D eigenvalue weighted by molar-refractivity contribution is 0.171. The molecule has 0 fully saturated rings. The molecule has 0 aliphatic carbocycles. The van der Waals surface area contributed by atoms with Crippen LogP contribution < -0.4 is 15.2 Å². The zero-order chi connectivity index (χ0) is 13.4. The molecule has 6 nitrogen and oxygen atoms in total. The molecular formula is C11H9ClFN3O3. The molecule has 0 saturated heterocycles. The second kappa shape index (κ2) is 4.67. The van der Waals surface area contributed by atoms with Gasteiger partial charge in [-0.15, -0.1) is 0 Å². The minimum Gasteiger partial charge on any atom is -0.486 e. The van der Waals surface area contributed by atoms with Crippen LogP contribution in [-0.2, 0) is 6.54 Å². The SMILES string of the molecule is NCc1nc(-c2cc3c(c(Cl)c2F)OCCO3)no1. The van der Waals surface area contributed by atoms with Gasteiger partial charge in [-0.25, -0.2) is 4.39 Å². The first kappa shape index (κ1) is 12.2. The van der Waals surface area contributed by atoms with E-state index >= 15 is 0 Å². The highest BCUT2D eigenvalue weighted by Crippen LogP contribution is 2.42. The van der Waals surface area contributed by atoms with E-state index in [1.165, 1.54) is 6.07 Å². The van der Waals surface area contributed by atoms with Gasteiger partial charge in [-0.1, -0.05) is 16.8 Å². The molecule has 2 N–H and O–H groups in total. The van der Waals surface area contributed by atoms with Crippen molar-refractivity contribution in [1.29, 1.82) is 0 Å². The molecular weight excluding hydrogens is 277 g/mol. The van der Waals surface area contributed by atoms with Crippen molar-refractivity contribution in [1.82, 2.24) is 10.1 Å². The molecule has 2 heterocycles. The molecule has 100 valence electrons. The summed E-state index contributed by atoms with van der Waals surface area (Å²) in [5, 5.41) is 3.49. The molecule has 1 aromatic carbocycles. The quantitative estimate of drug-likeness (QED) is 0.905. The Bertz CT molecular complexity index is 632. The molecule has 3 rings (SSSR count). The molecule has 2 aromatic rings. The van der Waals surface area contributed by atoms with Gasteiger partial charge < -0.3 is 19.7 Å². The Labute approximate surface area is 112 Å². The largest absolute Gasteiger partial charge is 0.486 e. The predicted octanol–water partition coefficient (Wildman–Crippen LogP) is 1.76. The number of ether oxygens (including phenoxy) is 2. The third-order valence-electron chi connectivity index (χ3n) is 2.60. The van der Waals surface area contributed by atoms with Gasteiger partial charge in [0.05, 0.1) is 12.1 Å². The highest BCUT2D eigenvalue weighted by Gasteiger charge is 2.24. The summed E-state index contributed by atoms with van der Waals surface area (Å²) in [5.41, 5.74) is 5.44. The van der Waals surface area contributed by atoms with E-state index in [0.717, 1.165) is 0 Å². The lowest BCUT2D eigenvalue weighted by atomic mass is 10.1. The first-order valence-electron chi connectivity index (χ1n) is 5.51. The second-order valence-corrected chi connectivity index (χ2v) is 4.17. The number of halogens is 2. The van der Waals surface area contributed by atoms with Crippen molar-refractivity contribution in [2.75, 3.05) is 13.2 Å². The molecule has 0 bridgehead atoms. The lowest BCUT2D eigenvalue weighted by Crippen LogP contribution is -2.16. The maximum Gasteiger partial charge on any atom is 0.240 e. The standard InChI is InChI=1S/C11H9ClFN3O3/c12-8-9(13)5(11-15-7(4-14)19-16-11)3-6-10(8)18-2-1-17-6/h3H,1-2,4,14H2. The zero-order valence-corrected chi connectivity index (χ0v) is 10.4. The van der Waals surface area contributed by atoms with Crippen LogP contribution in [-0.4, -0.2) is 23.4 Å². The van der Waals surface area contributed by atoms with Crippen molar-refractivity contribution >= 4 is 11.6 Å². The monoisotopic (exact) mass is 285 g/mol. The first-order chi connectivity index (χ1) is 9.20. The average Bonchev–Trinajstić information content (AvgIpc) is 2.91. The molecule has 8 heteroatoms. The van der Waals surface area contributed by atoms with Gasteiger partial charge in [-0.2, -0.15) is 4.98 Å². The van der Waals surface area contributed by atoms with Crippen LogP contribution >= 0.6 is 11.6 Å². The summed E-state index contributed by atoms with van der Waals surface area (Å²) in [6.45, 7) is 0.770. The number of hydrogen-bond donors (Lipinski definition) is 1. The maximum absolute atomic E-state index is 14.2. The van der Waals surface area contributed by atoms with Gasteiger partial charge in [0.1, 0.15) is 18.2 Å². The molecule has 1 aliphatic rings. The van der Waals surface area contributed by atoms with Gasteiger partial charge in [-0.05, 0) is 6.07 Å². The molecule has 0 amide bonds. The van der Waals surface area contributed by atoms with E-state index in [9.17, 15) is 4.39 Å². The van der Waals surface area contributed by atoms with E-state index in [2.05, 4.69) is 10.1 Å². The fraction of sp³-hybridized carbons (Fsp3) is 0.273. The minimum atomic E-state index is -0.685. The maximum atomic E-state index is 14.2. The molecule has 0 atom stereocenters. The zero-order valence-electron chi connectivity index (χ0n) is 9.65. The number of rotatable bonds is 2. The average molecular weight is 286 g/mol. The number of nitrogens with zero attached hydrogens (tertiary/aromatic N) is 2. The normalized spacial score (nSPS) is 13.6. The third kappa shape index (κ3) is 2.00. The van der Waals surface area contributed by atoms with E-state index < -0.39 is 5.82 Å². The van der Waals surface area contributed by atoms with Crippen molar-refractivity contribution in [3.63, 3.8) is 0 Å². The van der Waals surface area contributed by atoms with E-state index in [1.807, 2.05) is 0 Å². The van der Waals surface area contributed by atoms with E-state index in [0.29, 0.717) is 19.0 Å². The molecule has 1 aliphatic heterocycles. The smallest absolute Gasteiger partial charge is 0.240 e. The van der Waals surface area contributed by atoms with Crippen molar-refractivity contribution in [3.8, 4) is 22.9 Å². The Morgan fingerprint density at radius 1 is 1.37 bits per heavy atom. The summed E-state index contributed by atoms with van der Waals surface area (Å²) >= 11 is 5.92. The Morgan fingerprint density at radius 2 is 2.16 bits per heavy atom. The Kier molecular flexibility index (Phi) is 3.00. The van der Waals surface area contributed by atoms with Crippen LogP contribution in [0.4, 0.5) is 4.39 Å². The van der Waals surface area contributed by atoms with Crippen molar-refractivity contribution in [2.45, 2.75) is 6.54 Å². The number of fused-ring (bicyclic) bond motifs is 1. The number of aromatic nitrogens is 2. The summed E-state index contributed by atoms with van der Waals surface area (Å²) in [6.07, 6.45) is 0. The summed E-state index contributed by atoms with van der Waals surface area (Å²) < 4.78 is 29.6. The van der Waals surface area contributed by atoms with Crippen LogP contribution in [0.3, 0.4) is 0 Å². The summed E-state index contributed by atoms with van der Waals surface area (Å²) in [4.78, 5) is 3.95. The Morgan fingerprint density at radius 3 is 2.89 bits per heavy atom. The van der Waals surface area contributed by atoms with Crippen molar-refractivity contribution in [3.05, 3.63) is 22.8 Å². The van der Waals surface area contributed by atoms with Crippen molar-refractivity contribution < 1.29 is 18.4 Å². The fourth-order valence-corrected chi connectivity index (χ4v) is 1.98. The van der Waals surface area contributed by atoms with E-state index in [-0.39, 0.29) is 34.6 Å². The van der Waals surface area contributed by atoms with Gasteiger partial charge in [0.15, 0.2) is 17.3 Å². The number of benzene rings is 1. The molecule has 19 heavy (non-hydrogen) atoms. The Hall–Kier alpha value is -1.86. The predicted molar refractivity (Wildman–Crippen MR) is 63.6 cm³/mol. The topological polar surface area (TPSA) is 83.4 Å². The number of hydrogen-bond acceptors (Lipinski definition) is 6. The lowest BCUT2D eigenvalue weighted by Gasteiger charge is -2.20. The number of nitrogens with two attached hydrogens (primary N) is 1. The third-order valence-corrected chi connectivity index (χ3v) is 2.94. The first-order valence-corrected chi connectivity index (χ1v) is 5.89. The van der Waals surface area contributed by atoms with Crippen LogP contribution in [0.15, 0.2) is 10.6 Å². The minimum absolute atomic E-state index is 0.0665. The van der Waals surface area contributed by atoms with Crippen LogP contribution in [0, 0.1) is 5.82 Å². The van der Waals surface area contributed by atoms with Gasteiger partial charge in [0, 0.05) is 0 Å². The van der Waals surface area contributed by atoms with E-state index in [4.69, 9.17) is 31.3 Å². The van der Waals surface area contributed by atoms with E-state index in [1.54, 1.807) is 0 Å². The highest BCUT2D eigenvalue weighted by molar-refractivity contribution is 6.32.